The number of carbonyl (C=O) groups is 2. The molecule has 0 bridgehead atoms. The van der Waals surface area contributed by atoms with Crippen LogP contribution in [0.4, 0.5) is 0 Å². The molecule has 1 amide bonds. The van der Waals surface area contributed by atoms with Crippen molar-refractivity contribution in [1.29, 1.82) is 0 Å². The highest BCUT2D eigenvalue weighted by atomic mass is 32.1. The Morgan fingerprint density at radius 1 is 1.26 bits per heavy atom. The Kier molecular flexibility index (Phi) is 6.19. The van der Waals surface area contributed by atoms with Gasteiger partial charge in [0.2, 0.25) is 11.7 Å². The maximum atomic E-state index is 13.1. The van der Waals surface area contributed by atoms with Gasteiger partial charge in [0.05, 0.1) is 23.6 Å². The van der Waals surface area contributed by atoms with Crippen LogP contribution in [-0.2, 0) is 11.3 Å². The molecule has 1 N–H and O–H groups in total. The van der Waals surface area contributed by atoms with Crippen LogP contribution in [0.25, 0.3) is 10.7 Å². The Labute approximate surface area is 184 Å². The van der Waals surface area contributed by atoms with E-state index >= 15 is 0 Å². The minimum atomic E-state index is -0.404. The second-order valence-corrected chi connectivity index (χ2v) is 8.35. The highest BCUT2D eigenvalue weighted by Gasteiger charge is 2.28. The first-order chi connectivity index (χ1) is 15.0. The Hall–Kier alpha value is -2.98. The van der Waals surface area contributed by atoms with Crippen molar-refractivity contribution in [2.45, 2.75) is 27.3 Å². The van der Waals surface area contributed by atoms with Crippen molar-refractivity contribution >= 4 is 23.2 Å². The quantitative estimate of drug-likeness (QED) is 0.584. The van der Waals surface area contributed by atoms with Crippen LogP contribution < -0.4 is 0 Å². The fraction of sp³-hybridized carbons (Fsp3) is 0.429. The minimum Gasteiger partial charge on any atom is -0.462 e. The highest BCUT2D eigenvalue weighted by molar-refractivity contribution is 7.13. The van der Waals surface area contributed by atoms with Crippen molar-refractivity contribution < 1.29 is 18.8 Å². The second kappa shape index (κ2) is 9.03. The molecule has 1 saturated heterocycles. The number of piperazine rings is 1. The maximum Gasteiger partial charge on any atom is 0.340 e. The summed E-state index contributed by atoms with van der Waals surface area (Å²) in [5.74, 6) is 0.666. The van der Waals surface area contributed by atoms with Crippen LogP contribution in [0.3, 0.4) is 0 Å². The first kappa shape index (κ1) is 21.3. The van der Waals surface area contributed by atoms with Gasteiger partial charge in [0, 0.05) is 31.9 Å². The lowest BCUT2D eigenvalue weighted by Crippen LogP contribution is -2.48. The number of esters is 1. The van der Waals surface area contributed by atoms with Gasteiger partial charge in [-0.25, -0.2) is 4.79 Å². The largest absolute Gasteiger partial charge is 0.462 e. The number of nitrogens with zero attached hydrogens (tertiary/aromatic N) is 4. The molecule has 3 aromatic heterocycles. The van der Waals surface area contributed by atoms with Gasteiger partial charge in [-0.15, -0.1) is 11.3 Å². The molecule has 4 heterocycles. The third-order valence-corrected chi connectivity index (χ3v) is 6.22. The topological polar surface area (TPSA) is 105 Å². The summed E-state index contributed by atoms with van der Waals surface area (Å²) in [6.45, 7) is 8.73. The van der Waals surface area contributed by atoms with Crippen molar-refractivity contribution in [3.8, 4) is 10.7 Å². The lowest BCUT2D eigenvalue weighted by atomic mass is 10.1. The highest BCUT2D eigenvalue weighted by Crippen LogP contribution is 2.23. The van der Waals surface area contributed by atoms with E-state index in [2.05, 4.69) is 20.0 Å². The number of aromatic nitrogens is 3. The van der Waals surface area contributed by atoms with E-state index in [-0.39, 0.29) is 5.91 Å². The van der Waals surface area contributed by atoms with Crippen LogP contribution in [0.2, 0.25) is 0 Å². The summed E-state index contributed by atoms with van der Waals surface area (Å²) in [4.78, 5) is 37.8. The smallest absolute Gasteiger partial charge is 0.340 e. The SMILES string of the molecule is CCOC(=O)c1c(C)[nH]c(C(=O)N2CCN(Cc3nc(-c4cccs4)no3)CC2)c1C. The number of thiophene rings is 1. The lowest BCUT2D eigenvalue weighted by Gasteiger charge is -2.33. The summed E-state index contributed by atoms with van der Waals surface area (Å²) >= 11 is 1.57. The summed E-state index contributed by atoms with van der Waals surface area (Å²) in [5.41, 5.74) is 2.18. The zero-order valence-electron chi connectivity index (χ0n) is 17.8. The van der Waals surface area contributed by atoms with Crippen molar-refractivity contribution in [3.05, 3.63) is 45.9 Å². The Morgan fingerprint density at radius 3 is 2.71 bits per heavy atom. The third-order valence-electron chi connectivity index (χ3n) is 5.36. The van der Waals surface area contributed by atoms with E-state index < -0.39 is 5.97 Å². The molecule has 164 valence electrons. The van der Waals surface area contributed by atoms with E-state index in [0.29, 0.717) is 73.6 Å². The molecule has 0 atom stereocenters. The summed E-state index contributed by atoms with van der Waals surface area (Å²) in [7, 11) is 0. The van der Waals surface area contributed by atoms with Crippen LogP contribution in [-0.4, -0.2) is 69.6 Å². The van der Waals surface area contributed by atoms with E-state index in [4.69, 9.17) is 9.26 Å². The van der Waals surface area contributed by atoms with Gasteiger partial charge in [-0.3, -0.25) is 9.69 Å². The molecule has 0 spiro atoms. The number of amides is 1. The van der Waals surface area contributed by atoms with Crippen LogP contribution in [0, 0.1) is 13.8 Å². The summed E-state index contributed by atoms with van der Waals surface area (Å²) in [6, 6.07) is 3.91. The molecule has 1 aliphatic heterocycles. The number of aromatic amines is 1. The maximum absolute atomic E-state index is 13.1. The van der Waals surface area contributed by atoms with E-state index in [1.54, 1.807) is 37.0 Å². The van der Waals surface area contributed by atoms with Crippen molar-refractivity contribution in [2.75, 3.05) is 32.8 Å². The van der Waals surface area contributed by atoms with Gasteiger partial charge in [-0.1, -0.05) is 11.2 Å². The second-order valence-electron chi connectivity index (χ2n) is 7.40. The predicted molar refractivity (Wildman–Crippen MR) is 115 cm³/mol. The number of ether oxygens (including phenoxy) is 1. The molecule has 31 heavy (non-hydrogen) atoms. The van der Waals surface area contributed by atoms with E-state index in [1.165, 1.54) is 0 Å². The van der Waals surface area contributed by atoms with Gasteiger partial charge >= 0.3 is 5.97 Å². The first-order valence-electron chi connectivity index (χ1n) is 10.2. The molecule has 1 aliphatic rings. The van der Waals surface area contributed by atoms with Crippen molar-refractivity contribution in [2.24, 2.45) is 0 Å². The minimum absolute atomic E-state index is 0.103. The van der Waals surface area contributed by atoms with Crippen LogP contribution in [0.5, 0.6) is 0 Å². The molecule has 0 aliphatic carbocycles. The molecular weight excluding hydrogens is 418 g/mol. The number of nitrogens with one attached hydrogen (secondary N) is 1. The normalized spacial score (nSPS) is 14.7. The monoisotopic (exact) mass is 443 g/mol. The predicted octanol–water partition coefficient (Wildman–Crippen LogP) is 2.88. The molecule has 0 saturated carbocycles. The molecular formula is C21H25N5O4S. The molecule has 4 rings (SSSR count). The average Bonchev–Trinajstić information content (AvgIpc) is 3.49. The fourth-order valence-corrected chi connectivity index (χ4v) is 4.41. The number of aryl methyl sites for hydroxylation is 1. The number of hydrogen-bond acceptors (Lipinski definition) is 8. The standard InChI is InChI=1S/C21H25N5O4S/c1-4-29-21(28)17-13(2)18(22-14(17)3)20(27)26-9-7-25(8-10-26)12-16-23-19(24-30-16)15-6-5-11-31-15/h5-6,11,22H,4,7-10,12H2,1-3H3. The van der Waals surface area contributed by atoms with Crippen LogP contribution >= 0.6 is 11.3 Å². The number of carbonyl (C=O) groups excluding carboxylic acids is 2. The lowest BCUT2D eigenvalue weighted by molar-refractivity contribution is 0.0525. The van der Waals surface area contributed by atoms with Gasteiger partial charge in [0.25, 0.3) is 5.91 Å². The third kappa shape index (κ3) is 4.40. The average molecular weight is 444 g/mol. The van der Waals surface area contributed by atoms with Gasteiger partial charge in [-0.2, -0.15) is 4.98 Å². The van der Waals surface area contributed by atoms with Crippen LogP contribution in [0.1, 0.15) is 44.9 Å². The van der Waals surface area contributed by atoms with Crippen molar-refractivity contribution in [1.82, 2.24) is 24.9 Å². The molecule has 1 fully saturated rings. The molecule has 0 unspecified atom stereocenters. The van der Waals surface area contributed by atoms with E-state index in [9.17, 15) is 9.59 Å². The van der Waals surface area contributed by atoms with Gasteiger partial charge in [0.1, 0.15) is 5.69 Å². The molecule has 3 aromatic rings. The molecule has 0 aromatic carbocycles. The zero-order valence-corrected chi connectivity index (χ0v) is 18.6. The fourth-order valence-electron chi connectivity index (χ4n) is 3.76. The van der Waals surface area contributed by atoms with Gasteiger partial charge in [0.15, 0.2) is 0 Å². The van der Waals surface area contributed by atoms with Gasteiger partial charge < -0.3 is 19.1 Å². The summed E-state index contributed by atoms with van der Waals surface area (Å²) in [6.07, 6.45) is 0. The Bertz CT molecular complexity index is 1060. The first-order valence-corrected chi connectivity index (χ1v) is 11.1. The van der Waals surface area contributed by atoms with E-state index in [1.807, 2.05) is 17.5 Å². The summed E-state index contributed by atoms with van der Waals surface area (Å²) < 4.78 is 10.5. The van der Waals surface area contributed by atoms with Gasteiger partial charge in [-0.05, 0) is 37.8 Å². The number of hydrogen-bond donors (Lipinski definition) is 1. The van der Waals surface area contributed by atoms with E-state index in [0.717, 1.165) is 4.88 Å². The summed E-state index contributed by atoms with van der Waals surface area (Å²) in [5, 5.41) is 6.02. The Balaban J connectivity index is 1.36. The zero-order chi connectivity index (χ0) is 22.0. The molecule has 10 heteroatoms. The Morgan fingerprint density at radius 2 is 2.03 bits per heavy atom. The number of rotatable bonds is 6. The molecule has 0 radical (unpaired) electrons. The van der Waals surface area contributed by atoms with Crippen LogP contribution in [0.15, 0.2) is 22.0 Å². The number of H-pyrrole nitrogens is 1. The van der Waals surface area contributed by atoms with Crippen molar-refractivity contribution in [3.63, 3.8) is 0 Å². The molecule has 9 nitrogen and oxygen atoms in total.